The average Bonchev–Trinajstić information content (AvgIpc) is 2.74. The van der Waals surface area contributed by atoms with Gasteiger partial charge in [-0.15, -0.1) is 0 Å². The molecule has 1 saturated carbocycles. The van der Waals surface area contributed by atoms with Gasteiger partial charge < -0.3 is 0 Å². The van der Waals surface area contributed by atoms with Crippen LogP contribution in [0.25, 0.3) is 0 Å². The van der Waals surface area contributed by atoms with E-state index < -0.39 is 0 Å². The van der Waals surface area contributed by atoms with Gasteiger partial charge in [0.1, 0.15) is 5.78 Å². The summed E-state index contributed by atoms with van der Waals surface area (Å²) in [6.07, 6.45) is 5.84. The SMILES string of the molecule is CC1=CC(=O)CC1(CC1CCCC1=O)N(C)C. The number of nitrogens with zero attached hydrogens (tertiary/aromatic N) is 1. The van der Waals surface area contributed by atoms with Gasteiger partial charge in [0, 0.05) is 24.3 Å². The van der Waals surface area contributed by atoms with Gasteiger partial charge in [-0.2, -0.15) is 0 Å². The van der Waals surface area contributed by atoms with Gasteiger partial charge >= 0.3 is 0 Å². The van der Waals surface area contributed by atoms with Gasteiger partial charge in [0.15, 0.2) is 5.78 Å². The van der Waals surface area contributed by atoms with Gasteiger partial charge in [-0.25, -0.2) is 0 Å². The number of hydrogen-bond acceptors (Lipinski definition) is 3. The van der Waals surface area contributed by atoms with E-state index in [1.807, 2.05) is 21.0 Å². The van der Waals surface area contributed by atoms with Crippen LogP contribution < -0.4 is 0 Å². The lowest BCUT2D eigenvalue weighted by Gasteiger charge is -2.39. The molecule has 0 aliphatic heterocycles. The molecule has 0 N–H and O–H groups in total. The predicted molar refractivity (Wildman–Crippen MR) is 66.8 cm³/mol. The van der Waals surface area contributed by atoms with Gasteiger partial charge in [-0.05, 0) is 51.9 Å². The predicted octanol–water partition coefficient (Wildman–Crippen LogP) is 1.97. The van der Waals surface area contributed by atoms with Crippen molar-refractivity contribution in [1.29, 1.82) is 0 Å². The van der Waals surface area contributed by atoms with Crippen LogP contribution in [0.5, 0.6) is 0 Å². The number of hydrogen-bond donors (Lipinski definition) is 0. The van der Waals surface area contributed by atoms with E-state index in [1.165, 1.54) is 0 Å². The van der Waals surface area contributed by atoms with Crippen molar-refractivity contribution < 1.29 is 9.59 Å². The largest absolute Gasteiger partial charge is 0.300 e. The molecule has 0 radical (unpaired) electrons. The lowest BCUT2D eigenvalue weighted by atomic mass is 9.80. The Labute approximate surface area is 103 Å². The van der Waals surface area contributed by atoms with Crippen LogP contribution in [0.2, 0.25) is 0 Å². The zero-order chi connectivity index (χ0) is 12.6. The summed E-state index contributed by atoms with van der Waals surface area (Å²) < 4.78 is 0. The quantitative estimate of drug-likeness (QED) is 0.750. The number of likely N-dealkylation sites (N-methyl/N-ethyl adjacent to an activating group) is 1. The monoisotopic (exact) mass is 235 g/mol. The van der Waals surface area contributed by atoms with Crippen molar-refractivity contribution in [3.8, 4) is 0 Å². The minimum absolute atomic E-state index is 0.159. The molecule has 0 heterocycles. The van der Waals surface area contributed by atoms with Crippen LogP contribution in [-0.4, -0.2) is 36.1 Å². The Balaban J connectivity index is 2.22. The van der Waals surface area contributed by atoms with Gasteiger partial charge in [-0.3, -0.25) is 14.5 Å². The molecule has 2 aliphatic rings. The Bertz CT molecular complexity index is 384. The van der Waals surface area contributed by atoms with E-state index in [9.17, 15) is 9.59 Å². The van der Waals surface area contributed by atoms with Gasteiger partial charge in [-0.1, -0.05) is 0 Å². The van der Waals surface area contributed by atoms with Crippen molar-refractivity contribution in [2.45, 2.75) is 44.6 Å². The summed E-state index contributed by atoms with van der Waals surface area (Å²) >= 11 is 0. The lowest BCUT2D eigenvalue weighted by Crippen LogP contribution is -2.46. The molecule has 0 aromatic rings. The van der Waals surface area contributed by atoms with Crippen molar-refractivity contribution in [1.82, 2.24) is 4.90 Å². The van der Waals surface area contributed by atoms with E-state index in [1.54, 1.807) is 6.08 Å². The molecule has 2 unspecified atom stereocenters. The molecule has 2 aliphatic carbocycles. The molecular formula is C14H21NO2. The van der Waals surface area contributed by atoms with Crippen molar-refractivity contribution in [3.63, 3.8) is 0 Å². The standard InChI is InChI=1S/C14H21NO2/c1-10-7-12(16)9-14(10,15(2)3)8-11-5-4-6-13(11)17/h7,11H,4-6,8-9H2,1-3H3. The summed E-state index contributed by atoms with van der Waals surface area (Å²) in [5, 5.41) is 0. The molecule has 0 spiro atoms. The summed E-state index contributed by atoms with van der Waals surface area (Å²) in [7, 11) is 4.02. The van der Waals surface area contributed by atoms with Crippen LogP contribution in [0.1, 0.15) is 39.0 Å². The molecule has 0 amide bonds. The highest BCUT2D eigenvalue weighted by molar-refractivity contribution is 5.95. The fourth-order valence-electron chi connectivity index (χ4n) is 3.29. The Morgan fingerprint density at radius 2 is 2.12 bits per heavy atom. The third-order valence-electron chi connectivity index (χ3n) is 4.45. The molecule has 0 aromatic carbocycles. The fraction of sp³-hybridized carbons (Fsp3) is 0.714. The molecule has 2 atom stereocenters. The number of ketones is 2. The first-order valence-corrected chi connectivity index (χ1v) is 6.37. The van der Waals surface area contributed by atoms with Crippen LogP contribution >= 0.6 is 0 Å². The molecule has 3 nitrogen and oxygen atoms in total. The molecule has 0 aromatic heterocycles. The molecule has 3 heteroatoms. The van der Waals surface area contributed by atoms with Crippen LogP contribution in [0.4, 0.5) is 0 Å². The number of carbonyl (C=O) groups excluding carboxylic acids is 2. The zero-order valence-electron chi connectivity index (χ0n) is 11.0. The van der Waals surface area contributed by atoms with Crippen LogP contribution in [0.3, 0.4) is 0 Å². The number of rotatable bonds is 3. The summed E-state index contributed by atoms with van der Waals surface area (Å²) in [4.78, 5) is 25.6. The smallest absolute Gasteiger partial charge is 0.157 e. The Kier molecular flexibility index (Phi) is 3.21. The van der Waals surface area contributed by atoms with Gasteiger partial charge in [0.25, 0.3) is 0 Å². The normalized spacial score (nSPS) is 33.6. The maximum absolute atomic E-state index is 11.8. The fourth-order valence-corrected chi connectivity index (χ4v) is 3.29. The van der Waals surface area contributed by atoms with Crippen molar-refractivity contribution in [2.24, 2.45) is 5.92 Å². The first kappa shape index (κ1) is 12.5. The van der Waals surface area contributed by atoms with Gasteiger partial charge in [0.05, 0.1) is 0 Å². The second kappa shape index (κ2) is 4.37. The topological polar surface area (TPSA) is 37.4 Å². The Hall–Kier alpha value is -0.960. The van der Waals surface area contributed by atoms with Crippen LogP contribution in [-0.2, 0) is 9.59 Å². The number of allylic oxidation sites excluding steroid dienone is 1. The average molecular weight is 235 g/mol. The number of carbonyl (C=O) groups is 2. The van der Waals surface area contributed by atoms with E-state index in [2.05, 4.69) is 4.90 Å². The molecule has 2 rings (SSSR count). The highest BCUT2D eigenvalue weighted by atomic mass is 16.1. The molecule has 1 fully saturated rings. The lowest BCUT2D eigenvalue weighted by molar-refractivity contribution is -0.122. The van der Waals surface area contributed by atoms with Crippen LogP contribution in [0, 0.1) is 5.92 Å². The van der Waals surface area contributed by atoms with Crippen molar-refractivity contribution in [3.05, 3.63) is 11.6 Å². The first-order valence-electron chi connectivity index (χ1n) is 6.37. The van der Waals surface area contributed by atoms with E-state index in [-0.39, 0.29) is 17.2 Å². The summed E-state index contributed by atoms with van der Waals surface area (Å²) in [5.41, 5.74) is 0.911. The molecule has 0 bridgehead atoms. The van der Waals surface area contributed by atoms with Gasteiger partial charge in [0.2, 0.25) is 0 Å². The van der Waals surface area contributed by atoms with Crippen molar-refractivity contribution >= 4 is 11.6 Å². The second-order valence-corrected chi connectivity index (χ2v) is 5.66. The number of Topliss-reactive ketones (excluding diaryl/α,β-unsaturated/α-hetero) is 1. The maximum Gasteiger partial charge on any atom is 0.157 e. The third-order valence-corrected chi connectivity index (χ3v) is 4.45. The molecule has 0 saturated heterocycles. The third kappa shape index (κ3) is 2.08. The molecular weight excluding hydrogens is 214 g/mol. The summed E-state index contributed by atoms with van der Waals surface area (Å²) in [6.45, 7) is 2.02. The van der Waals surface area contributed by atoms with E-state index >= 15 is 0 Å². The second-order valence-electron chi connectivity index (χ2n) is 5.66. The molecule has 94 valence electrons. The molecule has 17 heavy (non-hydrogen) atoms. The minimum Gasteiger partial charge on any atom is -0.300 e. The summed E-state index contributed by atoms with van der Waals surface area (Å²) in [6, 6.07) is 0. The van der Waals surface area contributed by atoms with Crippen molar-refractivity contribution in [2.75, 3.05) is 14.1 Å². The Morgan fingerprint density at radius 1 is 1.41 bits per heavy atom. The highest BCUT2D eigenvalue weighted by Crippen LogP contribution is 2.41. The summed E-state index contributed by atoms with van der Waals surface area (Å²) in [5.74, 6) is 0.742. The van der Waals surface area contributed by atoms with E-state index in [0.717, 1.165) is 31.3 Å². The first-order chi connectivity index (χ1) is 7.95. The minimum atomic E-state index is -0.207. The van der Waals surface area contributed by atoms with Crippen LogP contribution in [0.15, 0.2) is 11.6 Å². The highest BCUT2D eigenvalue weighted by Gasteiger charge is 2.44. The van der Waals surface area contributed by atoms with E-state index in [4.69, 9.17) is 0 Å². The maximum atomic E-state index is 11.8. The Morgan fingerprint density at radius 3 is 2.53 bits per heavy atom. The zero-order valence-corrected chi connectivity index (χ0v) is 11.0. The van der Waals surface area contributed by atoms with E-state index in [0.29, 0.717) is 12.2 Å².